The van der Waals surface area contributed by atoms with E-state index in [0.29, 0.717) is 32.0 Å². The molecule has 1 heterocycles. The highest BCUT2D eigenvalue weighted by Crippen LogP contribution is 2.61. The van der Waals surface area contributed by atoms with E-state index in [4.69, 9.17) is 4.74 Å². The van der Waals surface area contributed by atoms with Gasteiger partial charge in [0.05, 0.1) is 6.54 Å². The van der Waals surface area contributed by atoms with Crippen molar-refractivity contribution in [1.82, 2.24) is 15.5 Å². The van der Waals surface area contributed by atoms with Crippen molar-refractivity contribution in [2.24, 2.45) is 29.1 Å². The van der Waals surface area contributed by atoms with Crippen LogP contribution in [0.15, 0.2) is 0 Å². The summed E-state index contributed by atoms with van der Waals surface area (Å²) < 4.78 is 5.27. The lowest BCUT2D eigenvalue weighted by Crippen LogP contribution is -2.49. The highest BCUT2D eigenvalue weighted by atomic mass is 16.6. The van der Waals surface area contributed by atoms with Crippen molar-refractivity contribution in [3.8, 4) is 0 Å². The van der Waals surface area contributed by atoms with E-state index in [1.165, 1.54) is 38.5 Å². The van der Waals surface area contributed by atoms with Crippen LogP contribution in [0.3, 0.4) is 0 Å². The molecule has 7 nitrogen and oxygen atoms in total. The Kier molecular flexibility index (Phi) is 6.73. The monoisotopic (exact) mass is 447 g/mol. The molecule has 0 aromatic carbocycles. The highest BCUT2D eigenvalue weighted by Gasteiger charge is 2.51. The van der Waals surface area contributed by atoms with Gasteiger partial charge in [-0.05, 0) is 101 Å². The fourth-order valence-corrected chi connectivity index (χ4v) is 7.12. The number of nitrogens with zero attached hydrogens (tertiary/aromatic N) is 1. The van der Waals surface area contributed by atoms with E-state index in [1.54, 1.807) is 0 Å². The molecular weight excluding hydrogens is 406 g/mol. The van der Waals surface area contributed by atoms with Crippen LogP contribution in [0.4, 0.5) is 4.79 Å². The van der Waals surface area contributed by atoms with Gasteiger partial charge in [-0.15, -0.1) is 0 Å². The van der Waals surface area contributed by atoms with E-state index in [0.717, 1.165) is 30.6 Å². The molecule has 3 amide bonds. The Morgan fingerprint density at radius 1 is 0.938 bits per heavy atom. The number of rotatable bonds is 6. The van der Waals surface area contributed by atoms with Gasteiger partial charge in [0, 0.05) is 26.1 Å². The second-order valence-corrected chi connectivity index (χ2v) is 12.1. The van der Waals surface area contributed by atoms with Gasteiger partial charge in [0.15, 0.2) is 0 Å². The van der Waals surface area contributed by atoms with Crippen LogP contribution in [-0.4, -0.2) is 54.6 Å². The second kappa shape index (κ2) is 9.22. The van der Waals surface area contributed by atoms with Crippen LogP contribution in [-0.2, 0) is 14.3 Å². The molecule has 4 bridgehead atoms. The van der Waals surface area contributed by atoms with Crippen LogP contribution in [0.2, 0.25) is 0 Å². The quantitative estimate of drug-likeness (QED) is 0.653. The molecule has 5 rings (SSSR count). The molecule has 0 unspecified atom stereocenters. The number of ether oxygens (including phenoxy) is 1. The molecule has 0 spiro atoms. The number of alkyl carbamates (subject to hydrolysis) is 1. The van der Waals surface area contributed by atoms with E-state index < -0.39 is 11.7 Å². The molecule has 180 valence electrons. The summed E-state index contributed by atoms with van der Waals surface area (Å²) in [6.45, 7) is 7.55. The van der Waals surface area contributed by atoms with E-state index in [1.807, 2.05) is 25.7 Å². The van der Waals surface area contributed by atoms with E-state index in [9.17, 15) is 14.4 Å². The van der Waals surface area contributed by atoms with Crippen molar-refractivity contribution >= 4 is 17.9 Å². The summed E-state index contributed by atoms with van der Waals surface area (Å²) in [6, 6.07) is 0. The van der Waals surface area contributed by atoms with Gasteiger partial charge in [-0.2, -0.15) is 0 Å². The predicted octanol–water partition coefficient (Wildman–Crippen LogP) is 3.47. The van der Waals surface area contributed by atoms with Crippen LogP contribution < -0.4 is 10.6 Å². The summed E-state index contributed by atoms with van der Waals surface area (Å²) in [6.07, 6.45) is 9.68. The first kappa shape index (κ1) is 23.4. The Balaban J connectivity index is 1.14. The SMILES string of the molecule is CC(C)(C)OC(=O)NCC1CCN(C(=O)CNC(=O)CC23CC4CC(CC(C4)C2)C3)CC1. The molecule has 2 N–H and O–H groups in total. The maximum absolute atomic E-state index is 12.7. The smallest absolute Gasteiger partial charge is 0.407 e. The third kappa shape index (κ3) is 5.96. The number of nitrogens with one attached hydrogen (secondary N) is 2. The maximum Gasteiger partial charge on any atom is 0.407 e. The fraction of sp³-hybridized carbons (Fsp3) is 0.880. The molecule has 4 saturated carbocycles. The lowest BCUT2D eigenvalue weighted by molar-refractivity contribution is -0.136. The average Bonchev–Trinajstić information content (AvgIpc) is 2.68. The van der Waals surface area contributed by atoms with Crippen LogP contribution in [0.25, 0.3) is 0 Å². The van der Waals surface area contributed by atoms with Gasteiger partial charge in [0.25, 0.3) is 0 Å². The van der Waals surface area contributed by atoms with Crippen LogP contribution in [0.5, 0.6) is 0 Å². The van der Waals surface area contributed by atoms with Crippen molar-refractivity contribution in [2.75, 3.05) is 26.2 Å². The Labute approximate surface area is 192 Å². The van der Waals surface area contributed by atoms with Crippen LogP contribution >= 0.6 is 0 Å². The molecule has 0 aromatic heterocycles. The first-order valence-corrected chi connectivity index (χ1v) is 12.6. The third-order valence-electron chi connectivity index (χ3n) is 8.04. The first-order valence-electron chi connectivity index (χ1n) is 12.6. The Morgan fingerprint density at radius 2 is 1.50 bits per heavy atom. The second-order valence-electron chi connectivity index (χ2n) is 12.1. The van der Waals surface area contributed by atoms with E-state index >= 15 is 0 Å². The van der Waals surface area contributed by atoms with Gasteiger partial charge in [0.2, 0.25) is 11.8 Å². The summed E-state index contributed by atoms with van der Waals surface area (Å²) in [7, 11) is 0. The van der Waals surface area contributed by atoms with Crippen molar-refractivity contribution in [3.63, 3.8) is 0 Å². The molecular formula is C25H41N3O4. The van der Waals surface area contributed by atoms with Crippen molar-refractivity contribution < 1.29 is 19.1 Å². The summed E-state index contributed by atoms with van der Waals surface area (Å²) >= 11 is 0. The molecule has 1 aliphatic heterocycles. The zero-order chi connectivity index (χ0) is 22.9. The number of carbonyl (C=O) groups is 3. The molecule has 32 heavy (non-hydrogen) atoms. The van der Waals surface area contributed by atoms with Gasteiger partial charge < -0.3 is 20.3 Å². The molecule has 0 radical (unpaired) electrons. The molecule has 0 aromatic rings. The lowest BCUT2D eigenvalue weighted by atomic mass is 9.49. The summed E-state index contributed by atoms with van der Waals surface area (Å²) in [5.41, 5.74) is -0.290. The normalized spacial score (nSPS) is 32.0. The molecule has 5 aliphatic rings. The zero-order valence-corrected chi connectivity index (χ0v) is 20.1. The topological polar surface area (TPSA) is 87.7 Å². The fourth-order valence-electron chi connectivity index (χ4n) is 7.12. The molecule has 5 fully saturated rings. The third-order valence-corrected chi connectivity index (χ3v) is 8.04. The molecule has 4 aliphatic carbocycles. The first-order chi connectivity index (χ1) is 15.1. The number of amides is 3. The average molecular weight is 448 g/mol. The minimum absolute atomic E-state index is 0.00223. The molecule has 0 atom stereocenters. The van der Waals surface area contributed by atoms with Crippen LogP contribution in [0, 0.1) is 29.1 Å². The van der Waals surface area contributed by atoms with Gasteiger partial charge in [-0.25, -0.2) is 4.79 Å². The Bertz CT molecular complexity index is 686. The number of piperidine rings is 1. The van der Waals surface area contributed by atoms with Crippen molar-refractivity contribution in [2.45, 2.75) is 84.2 Å². The predicted molar refractivity (Wildman–Crippen MR) is 122 cm³/mol. The minimum Gasteiger partial charge on any atom is -0.444 e. The van der Waals surface area contributed by atoms with Gasteiger partial charge in [-0.1, -0.05) is 0 Å². The van der Waals surface area contributed by atoms with Gasteiger partial charge in [0.1, 0.15) is 5.60 Å². The largest absolute Gasteiger partial charge is 0.444 e. The number of likely N-dealkylation sites (tertiary alicyclic amines) is 1. The minimum atomic E-state index is -0.500. The Morgan fingerprint density at radius 3 is 2.03 bits per heavy atom. The van der Waals surface area contributed by atoms with E-state index in [2.05, 4.69) is 10.6 Å². The van der Waals surface area contributed by atoms with Gasteiger partial charge >= 0.3 is 6.09 Å². The Hall–Kier alpha value is -1.79. The summed E-state index contributed by atoms with van der Waals surface area (Å²) in [5.74, 6) is 2.90. The highest BCUT2D eigenvalue weighted by molar-refractivity contribution is 5.85. The summed E-state index contributed by atoms with van der Waals surface area (Å²) in [4.78, 5) is 39.0. The maximum atomic E-state index is 12.7. The number of hydrogen-bond acceptors (Lipinski definition) is 4. The molecule has 1 saturated heterocycles. The standard InChI is InChI=1S/C25H41N3O4/c1-24(2,3)32-23(31)27-15-17-4-6-28(7-5-17)22(30)16-26-21(29)14-25-11-18-8-19(12-25)10-20(9-18)13-25/h17-20H,4-16H2,1-3H3,(H,26,29)(H,27,31). The number of carbonyl (C=O) groups excluding carboxylic acids is 3. The number of hydrogen-bond donors (Lipinski definition) is 2. The summed E-state index contributed by atoms with van der Waals surface area (Å²) in [5, 5.41) is 5.76. The van der Waals surface area contributed by atoms with Gasteiger partial charge in [-0.3, -0.25) is 9.59 Å². The molecule has 7 heteroatoms. The lowest BCUT2D eigenvalue weighted by Gasteiger charge is -2.56. The van der Waals surface area contributed by atoms with Crippen molar-refractivity contribution in [3.05, 3.63) is 0 Å². The zero-order valence-electron chi connectivity index (χ0n) is 20.1. The van der Waals surface area contributed by atoms with E-state index in [-0.39, 0.29) is 23.8 Å². The van der Waals surface area contributed by atoms with Crippen molar-refractivity contribution in [1.29, 1.82) is 0 Å². The van der Waals surface area contributed by atoms with Crippen LogP contribution in [0.1, 0.15) is 78.6 Å².